The molecule has 1 fully saturated rings. The minimum absolute atomic E-state index is 0.00261. The van der Waals surface area contributed by atoms with Crippen LogP contribution in [0.15, 0.2) is 59.5 Å². The Hall–Kier alpha value is -2.55. The molecule has 7 nitrogen and oxygen atoms in total. The van der Waals surface area contributed by atoms with Crippen molar-refractivity contribution in [3.05, 3.63) is 65.7 Å². The molecule has 0 spiro atoms. The minimum Gasteiger partial charge on any atom is -0.367 e. The van der Waals surface area contributed by atoms with E-state index in [2.05, 4.69) is 4.72 Å². The highest BCUT2D eigenvalue weighted by atomic mass is 32.2. The quantitative estimate of drug-likeness (QED) is 0.682. The fraction of sp³-hybridized carbons (Fsp3) is 0.364. The molecule has 0 saturated carbocycles. The van der Waals surface area contributed by atoms with Crippen LogP contribution >= 0.6 is 0 Å². The van der Waals surface area contributed by atoms with Gasteiger partial charge in [0.1, 0.15) is 6.10 Å². The Balaban J connectivity index is 1.56. The van der Waals surface area contributed by atoms with Gasteiger partial charge in [-0.2, -0.15) is 0 Å². The lowest BCUT2D eigenvalue weighted by Gasteiger charge is -2.37. The van der Waals surface area contributed by atoms with Gasteiger partial charge in [-0.05, 0) is 31.5 Å². The third kappa shape index (κ3) is 5.53. The summed E-state index contributed by atoms with van der Waals surface area (Å²) in [5, 5.41) is 0. The van der Waals surface area contributed by atoms with Crippen LogP contribution in [0, 0.1) is 0 Å². The lowest BCUT2D eigenvalue weighted by atomic mass is 10.1. The summed E-state index contributed by atoms with van der Waals surface area (Å²) in [4.78, 5) is 25.8. The molecule has 1 amide bonds. The van der Waals surface area contributed by atoms with Gasteiger partial charge in [-0.3, -0.25) is 9.59 Å². The molecule has 1 saturated heterocycles. The zero-order valence-electron chi connectivity index (χ0n) is 17.1. The van der Waals surface area contributed by atoms with Gasteiger partial charge in [0.2, 0.25) is 15.9 Å². The first-order valence-electron chi connectivity index (χ1n) is 9.85. The van der Waals surface area contributed by atoms with E-state index < -0.39 is 10.0 Å². The van der Waals surface area contributed by atoms with Crippen molar-refractivity contribution >= 4 is 21.7 Å². The Morgan fingerprint density at radius 3 is 2.37 bits per heavy atom. The van der Waals surface area contributed by atoms with E-state index in [1.807, 2.05) is 37.3 Å². The predicted octanol–water partition coefficient (Wildman–Crippen LogP) is 2.55. The van der Waals surface area contributed by atoms with Gasteiger partial charge in [-0.1, -0.05) is 42.5 Å². The highest BCUT2D eigenvalue weighted by Crippen LogP contribution is 2.25. The van der Waals surface area contributed by atoms with Gasteiger partial charge < -0.3 is 9.64 Å². The Morgan fingerprint density at radius 2 is 1.73 bits per heavy atom. The van der Waals surface area contributed by atoms with Gasteiger partial charge in [0.25, 0.3) is 0 Å². The third-order valence-electron chi connectivity index (χ3n) is 4.99. The molecule has 2 unspecified atom stereocenters. The van der Waals surface area contributed by atoms with Gasteiger partial charge in [0.05, 0.1) is 17.5 Å². The molecule has 1 heterocycles. The zero-order valence-corrected chi connectivity index (χ0v) is 17.9. The molecule has 0 aliphatic carbocycles. The molecule has 2 aromatic rings. The van der Waals surface area contributed by atoms with E-state index in [9.17, 15) is 18.0 Å². The number of rotatable bonds is 7. The van der Waals surface area contributed by atoms with E-state index >= 15 is 0 Å². The number of ketones is 1. The van der Waals surface area contributed by atoms with E-state index in [-0.39, 0.29) is 41.8 Å². The fourth-order valence-corrected chi connectivity index (χ4v) is 4.44. The van der Waals surface area contributed by atoms with E-state index in [4.69, 9.17) is 4.74 Å². The molecule has 8 heteroatoms. The average Bonchev–Trinajstić information content (AvgIpc) is 2.73. The monoisotopic (exact) mass is 430 g/mol. The Bertz CT molecular complexity index is 990. The van der Waals surface area contributed by atoms with Crippen molar-refractivity contribution in [1.29, 1.82) is 0 Å². The van der Waals surface area contributed by atoms with Crippen LogP contribution in [0.25, 0.3) is 0 Å². The minimum atomic E-state index is -3.75. The second-order valence-electron chi connectivity index (χ2n) is 7.37. The highest BCUT2D eigenvalue weighted by molar-refractivity contribution is 7.89. The first-order chi connectivity index (χ1) is 14.3. The van der Waals surface area contributed by atoms with Crippen molar-refractivity contribution < 1.29 is 22.7 Å². The summed E-state index contributed by atoms with van der Waals surface area (Å²) in [6.45, 7) is 4.25. The van der Waals surface area contributed by atoms with Gasteiger partial charge >= 0.3 is 0 Å². The summed E-state index contributed by atoms with van der Waals surface area (Å²) >= 11 is 0. The standard InChI is InChI=1S/C22H26N2O5S/c1-16-14-24(15-21(29-16)19-6-4-3-5-7-19)22(26)12-13-23-30(27,28)20-10-8-18(9-11-20)17(2)25/h3-11,16,21,23H,12-15H2,1-2H3. The number of amides is 1. The third-order valence-corrected chi connectivity index (χ3v) is 6.46. The van der Waals surface area contributed by atoms with Gasteiger partial charge in [-0.25, -0.2) is 13.1 Å². The maximum atomic E-state index is 12.7. The molecular weight excluding hydrogens is 404 g/mol. The number of nitrogens with zero attached hydrogens (tertiary/aromatic N) is 1. The zero-order chi connectivity index (χ0) is 21.7. The molecule has 30 heavy (non-hydrogen) atoms. The van der Waals surface area contributed by atoms with Crippen molar-refractivity contribution in [2.24, 2.45) is 0 Å². The van der Waals surface area contributed by atoms with Gasteiger partial charge in [-0.15, -0.1) is 0 Å². The van der Waals surface area contributed by atoms with Crippen LogP contribution in [0.1, 0.15) is 42.3 Å². The Labute approximate surface area is 177 Å². The summed E-state index contributed by atoms with van der Waals surface area (Å²) in [7, 11) is -3.75. The van der Waals surface area contributed by atoms with Crippen molar-refractivity contribution in [1.82, 2.24) is 9.62 Å². The molecule has 160 valence electrons. The maximum Gasteiger partial charge on any atom is 0.240 e. The first kappa shape index (κ1) is 22.1. The maximum absolute atomic E-state index is 12.7. The smallest absolute Gasteiger partial charge is 0.240 e. The van der Waals surface area contributed by atoms with Crippen molar-refractivity contribution in [2.45, 2.75) is 37.4 Å². The van der Waals surface area contributed by atoms with E-state index in [1.54, 1.807) is 4.90 Å². The molecule has 1 aliphatic rings. The molecule has 0 bridgehead atoms. The fourth-order valence-electron chi connectivity index (χ4n) is 3.41. The average molecular weight is 431 g/mol. The predicted molar refractivity (Wildman–Crippen MR) is 113 cm³/mol. The van der Waals surface area contributed by atoms with Crippen LogP contribution in [0.2, 0.25) is 0 Å². The highest BCUT2D eigenvalue weighted by Gasteiger charge is 2.29. The number of benzene rings is 2. The van der Waals surface area contributed by atoms with E-state index in [0.29, 0.717) is 18.7 Å². The summed E-state index contributed by atoms with van der Waals surface area (Å²) in [6, 6.07) is 15.4. The number of sulfonamides is 1. The molecule has 0 aromatic heterocycles. The summed E-state index contributed by atoms with van der Waals surface area (Å²) < 4.78 is 33.3. The molecule has 2 aromatic carbocycles. The first-order valence-corrected chi connectivity index (χ1v) is 11.3. The summed E-state index contributed by atoms with van der Waals surface area (Å²) in [6.07, 6.45) is -0.251. The SMILES string of the molecule is CC(=O)c1ccc(S(=O)(=O)NCCC(=O)N2CC(C)OC(c3ccccc3)C2)cc1. The topological polar surface area (TPSA) is 92.8 Å². The molecule has 1 N–H and O–H groups in total. The van der Waals surface area contributed by atoms with Gasteiger partial charge in [0, 0.05) is 25.1 Å². The van der Waals surface area contributed by atoms with Crippen LogP contribution in [-0.2, 0) is 19.6 Å². The van der Waals surface area contributed by atoms with Crippen molar-refractivity contribution in [2.75, 3.05) is 19.6 Å². The van der Waals surface area contributed by atoms with Gasteiger partial charge in [0.15, 0.2) is 5.78 Å². The van der Waals surface area contributed by atoms with Crippen LogP contribution in [0.3, 0.4) is 0 Å². The number of carbonyl (C=O) groups excluding carboxylic acids is 2. The summed E-state index contributed by atoms with van der Waals surface area (Å²) in [5.41, 5.74) is 1.45. The number of nitrogens with one attached hydrogen (secondary N) is 1. The number of morpholine rings is 1. The second kappa shape index (κ2) is 9.51. The lowest BCUT2D eigenvalue weighted by molar-refractivity contribution is -0.144. The molecule has 3 rings (SSSR count). The summed E-state index contributed by atoms with van der Waals surface area (Å²) in [5.74, 6) is -0.258. The van der Waals surface area contributed by atoms with E-state index in [1.165, 1.54) is 31.2 Å². The number of hydrogen-bond acceptors (Lipinski definition) is 5. The number of ether oxygens (including phenoxy) is 1. The van der Waals surface area contributed by atoms with Crippen LogP contribution in [0.5, 0.6) is 0 Å². The van der Waals surface area contributed by atoms with Crippen molar-refractivity contribution in [3.8, 4) is 0 Å². The Kier molecular flexibility index (Phi) is 7.02. The van der Waals surface area contributed by atoms with Crippen molar-refractivity contribution in [3.63, 3.8) is 0 Å². The molecule has 1 aliphatic heterocycles. The van der Waals surface area contributed by atoms with Crippen LogP contribution in [-0.4, -0.2) is 50.7 Å². The van der Waals surface area contributed by atoms with E-state index in [0.717, 1.165) is 5.56 Å². The van der Waals surface area contributed by atoms with Crippen LogP contribution < -0.4 is 4.72 Å². The molecule has 0 radical (unpaired) electrons. The number of carbonyl (C=O) groups is 2. The number of hydrogen-bond donors (Lipinski definition) is 1. The number of Topliss-reactive ketones (excluding diaryl/α,β-unsaturated/α-hetero) is 1. The molecular formula is C22H26N2O5S. The Morgan fingerprint density at radius 1 is 1.07 bits per heavy atom. The van der Waals surface area contributed by atoms with Crippen LogP contribution in [0.4, 0.5) is 0 Å². The molecule has 2 atom stereocenters. The normalized spacial score (nSPS) is 19.5. The lowest BCUT2D eigenvalue weighted by Crippen LogP contribution is -2.46. The second-order valence-corrected chi connectivity index (χ2v) is 9.14. The largest absolute Gasteiger partial charge is 0.367 e.